The Labute approximate surface area is 255 Å². The highest BCUT2D eigenvalue weighted by Gasteiger charge is 2.36. The third-order valence-electron chi connectivity index (χ3n) is 7.62. The first-order valence-electron chi connectivity index (χ1n) is 13.7. The maximum absolute atomic E-state index is 14.2. The second-order valence-corrected chi connectivity index (χ2v) is 11.9. The number of carbonyl (C=O) groups excluding carboxylic acids is 2. The van der Waals surface area contributed by atoms with Gasteiger partial charge in [0.1, 0.15) is 13.5 Å². The van der Waals surface area contributed by atoms with E-state index >= 15 is 0 Å². The molecule has 4 aromatic rings. The molecule has 0 aliphatic carbocycles. The number of nitrogens with zero attached hydrogens (tertiary/aromatic N) is 4. The maximum Gasteiger partial charge on any atom is 0.417 e. The van der Waals surface area contributed by atoms with Crippen molar-refractivity contribution >= 4 is 46.8 Å². The molecule has 1 aliphatic heterocycles. The third-order valence-corrected chi connectivity index (χ3v) is 8.31. The molecule has 0 bridgehead atoms. The monoisotopic (exact) mass is 653 g/mol. The summed E-state index contributed by atoms with van der Waals surface area (Å²) in [5.74, 6) is -0.695. The molecule has 1 atom stereocenters. The Morgan fingerprint density at radius 2 is 1.79 bits per heavy atom. The topological polar surface area (TPSA) is 88.7 Å². The number of alkyl halides is 3. The number of halogens is 4. The first-order valence-corrected chi connectivity index (χ1v) is 14.5. The molecule has 5 rings (SSSR count). The summed E-state index contributed by atoms with van der Waals surface area (Å²) in [5.41, 5.74) is 1.74. The van der Waals surface area contributed by atoms with Crippen molar-refractivity contribution < 1.29 is 22.8 Å². The van der Waals surface area contributed by atoms with Crippen LogP contribution in [0.3, 0.4) is 0 Å². The molecule has 0 fully saturated rings. The van der Waals surface area contributed by atoms with Gasteiger partial charge < -0.3 is 10.2 Å². The normalized spacial score (nSPS) is 15.2. The van der Waals surface area contributed by atoms with Crippen molar-refractivity contribution in [1.82, 2.24) is 24.4 Å². The Hall–Kier alpha value is -3.87. The summed E-state index contributed by atoms with van der Waals surface area (Å²) in [4.78, 5) is 41.4. The van der Waals surface area contributed by atoms with Crippen LogP contribution in [-0.4, -0.2) is 51.8 Å². The van der Waals surface area contributed by atoms with E-state index in [1.54, 1.807) is 35.7 Å². The first-order chi connectivity index (χ1) is 20.2. The number of hydrogen-bond acceptors (Lipinski definition) is 4. The van der Waals surface area contributed by atoms with E-state index in [0.29, 0.717) is 40.1 Å². The minimum atomic E-state index is -4.65. The van der Waals surface area contributed by atoms with Gasteiger partial charge in [0.25, 0.3) is 17.4 Å². The van der Waals surface area contributed by atoms with E-state index in [4.69, 9.17) is 7.85 Å². The molecule has 8 nitrogen and oxygen atoms in total. The number of carbonyl (C=O) groups is 2. The van der Waals surface area contributed by atoms with Gasteiger partial charge in [-0.2, -0.15) is 18.3 Å². The molecule has 13 heteroatoms. The van der Waals surface area contributed by atoms with E-state index in [1.165, 1.54) is 28.6 Å². The van der Waals surface area contributed by atoms with Crippen LogP contribution in [0.15, 0.2) is 51.7 Å². The highest BCUT2D eigenvalue weighted by atomic mass is 79.9. The van der Waals surface area contributed by atoms with Gasteiger partial charge in [-0.3, -0.25) is 19.0 Å². The van der Waals surface area contributed by atoms with Crippen LogP contribution in [0.2, 0.25) is 0 Å². The molecule has 0 spiro atoms. The number of rotatable bonds is 5. The van der Waals surface area contributed by atoms with Crippen LogP contribution in [0.4, 0.5) is 13.2 Å². The number of fused-ring (bicyclic) bond motifs is 3. The van der Waals surface area contributed by atoms with Gasteiger partial charge in [0.05, 0.1) is 23.5 Å². The molecule has 0 saturated heterocycles. The van der Waals surface area contributed by atoms with Crippen LogP contribution < -0.4 is 16.5 Å². The summed E-state index contributed by atoms with van der Waals surface area (Å²) < 4.78 is 43.7. The van der Waals surface area contributed by atoms with Crippen molar-refractivity contribution in [1.29, 1.82) is 0 Å². The molecule has 2 aromatic carbocycles. The molecule has 222 valence electrons. The molecule has 3 heterocycles. The first kappa shape index (κ1) is 30.6. The second kappa shape index (κ2) is 11.3. The van der Waals surface area contributed by atoms with Crippen LogP contribution in [-0.2, 0) is 25.6 Å². The average Bonchev–Trinajstić information content (AvgIpc) is 3.26. The van der Waals surface area contributed by atoms with Crippen molar-refractivity contribution in [2.45, 2.75) is 52.4 Å². The summed E-state index contributed by atoms with van der Waals surface area (Å²) in [7, 11) is 7.94. The molecule has 2 radical (unpaired) electrons. The summed E-state index contributed by atoms with van der Waals surface area (Å²) >= 11 is 2.92. The molecule has 43 heavy (non-hydrogen) atoms. The van der Waals surface area contributed by atoms with Crippen molar-refractivity contribution in [2.75, 3.05) is 7.05 Å². The van der Waals surface area contributed by atoms with Crippen LogP contribution in [0.5, 0.6) is 0 Å². The van der Waals surface area contributed by atoms with Crippen molar-refractivity contribution in [2.24, 2.45) is 5.92 Å². The fourth-order valence-corrected chi connectivity index (χ4v) is 5.98. The minimum absolute atomic E-state index is 0.0584. The lowest BCUT2D eigenvalue weighted by Crippen LogP contribution is -2.46. The number of nitrogens with one attached hydrogen (secondary N) is 1. The van der Waals surface area contributed by atoms with Gasteiger partial charge in [0.2, 0.25) is 0 Å². The fraction of sp³-hybridized carbons (Fsp3) is 0.333. The van der Waals surface area contributed by atoms with E-state index in [-0.39, 0.29) is 46.0 Å². The minimum Gasteiger partial charge on any atom is -0.355 e. The number of aromatic nitrogens is 3. The highest BCUT2D eigenvalue weighted by Crippen LogP contribution is 2.36. The molecular weight excluding hydrogens is 626 g/mol. The van der Waals surface area contributed by atoms with Crippen LogP contribution in [0.25, 0.3) is 11.3 Å². The zero-order valence-electron chi connectivity index (χ0n) is 23.9. The van der Waals surface area contributed by atoms with Gasteiger partial charge >= 0.3 is 6.18 Å². The molecule has 1 N–H and O–H groups in total. The van der Waals surface area contributed by atoms with Gasteiger partial charge in [-0.1, -0.05) is 29.8 Å². The van der Waals surface area contributed by atoms with Crippen LogP contribution in [0, 0.1) is 5.92 Å². The molecule has 1 unspecified atom stereocenters. The highest BCUT2D eigenvalue weighted by molar-refractivity contribution is 9.10. The fourth-order valence-electron chi connectivity index (χ4n) is 5.51. The largest absolute Gasteiger partial charge is 0.417 e. The van der Waals surface area contributed by atoms with Crippen LogP contribution in [0.1, 0.15) is 63.9 Å². The number of amides is 2. The third kappa shape index (κ3) is 5.50. The lowest BCUT2D eigenvalue weighted by atomic mass is 9.93. The van der Waals surface area contributed by atoms with Gasteiger partial charge in [-0.15, -0.1) is 0 Å². The number of hydrogen-bond donors (Lipinski definition) is 1. The smallest absolute Gasteiger partial charge is 0.355 e. The Balaban J connectivity index is 1.68. The zero-order chi connectivity index (χ0) is 31.4. The summed E-state index contributed by atoms with van der Waals surface area (Å²) in [6.07, 6.45) is -3.99. The van der Waals surface area contributed by atoms with E-state index < -0.39 is 23.7 Å². The molecule has 0 saturated carbocycles. The predicted molar refractivity (Wildman–Crippen MR) is 160 cm³/mol. The summed E-state index contributed by atoms with van der Waals surface area (Å²) in [6.45, 7) is 5.71. The zero-order valence-corrected chi connectivity index (χ0v) is 25.5. The average molecular weight is 654 g/mol. The summed E-state index contributed by atoms with van der Waals surface area (Å²) in [5, 5.41) is 7.16. The van der Waals surface area contributed by atoms with Gasteiger partial charge in [0.15, 0.2) is 0 Å². The maximum atomic E-state index is 14.2. The van der Waals surface area contributed by atoms with E-state index in [1.807, 2.05) is 13.8 Å². The lowest BCUT2D eigenvalue weighted by Gasteiger charge is -2.35. The van der Waals surface area contributed by atoms with Gasteiger partial charge in [-0.25, -0.2) is 4.52 Å². The lowest BCUT2D eigenvalue weighted by molar-refractivity contribution is -0.138. The Morgan fingerprint density at radius 1 is 1.14 bits per heavy atom. The molecule has 2 amide bonds. The predicted octanol–water partition coefficient (Wildman–Crippen LogP) is 4.21. The van der Waals surface area contributed by atoms with Gasteiger partial charge in [-0.05, 0) is 68.1 Å². The quantitative estimate of drug-likeness (QED) is 0.327. The molecule has 2 aromatic heterocycles. The van der Waals surface area contributed by atoms with E-state index in [0.717, 1.165) is 6.07 Å². The van der Waals surface area contributed by atoms with Gasteiger partial charge in [0, 0.05) is 45.4 Å². The van der Waals surface area contributed by atoms with Crippen molar-refractivity contribution in [3.05, 3.63) is 90.8 Å². The second-order valence-electron chi connectivity index (χ2n) is 11.1. The molecule has 1 aliphatic rings. The van der Waals surface area contributed by atoms with E-state index in [2.05, 4.69) is 26.3 Å². The Kier molecular flexibility index (Phi) is 8.06. The standard InChI is InChI=1S/C30H28BBrF3N5O3/c1-15(2)11-21-25(31)37-40-24-14-38(28(42)18-7-10-23(32)22(13-18)30(33,34)35)16(3)12-20(24)29(43)39(27(21)40)19-8-5-17(6-9-19)26(41)36-4/h5-10,13,15-16H,11-12,14H2,1-4H3,(H,36,41). The Morgan fingerprint density at radius 3 is 2.40 bits per heavy atom. The Bertz CT molecular complexity index is 1820. The van der Waals surface area contributed by atoms with Crippen molar-refractivity contribution in [3.8, 4) is 5.69 Å². The summed E-state index contributed by atoms with van der Waals surface area (Å²) in [6, 6.07) is 9.46. The van der Waals surface area contributed by atoms with E-state index in [9.17, 15) is 27.6 Å². The SMILES string of the molecule is [B]c1nn2c3c(c(=O)n(-c4ccc(C(=O)NC)cc4)c2c1CC(C)C)CC(C)N(C(=O)c1ccc(Br)c(C(F)(F)F)c1)C3. The number of benzene rings is 2. The van der Waals surface area contributed by atoms with Crippen LogP contribution >= 0.6 is 15.9 Å². The van der Waals surface area contributed by atoms with Crippen molar-refractivity contribution in [3.63, 3.8) is 0 Å². The molecular formula is C30H28BBrF3N5O3.